The summed E-state index contributed by atoms with van der Waals surface area (Å²) in [6, 6.07) is 14.1. The van der Waals surface area contributed by atoms with Crippen LogP contribution in [-0.4, -0.2) is 51.6 Å². The number of benzene rings is 3. The van der Waals surface area contributed by atoms with Crippen molar-refractivity contribution >= 4 is 50.2 Å². The van der Waals surface area contributed by atoms with Gasteiger partial charge in [0.1, 0.15) is 11.7 Å². The number of anilines is 1. The van der Waals surface area contributed by atoms with E-state index in [-0.39, 0.29) is 33.8 Å². The number of phenolic OH excluding ortho intramolecular Hbond substituents is 1. The second-order valence-corrected chi connectivity index (χ2v) is 9.87. The normalized spacial score (nSPS) is 14.9. The number of hydrogen-bond donors (Lipinski definition) is 4. The summed E-state index contributed by atoms with van der Waals surface area (Å²) >= 11 is 0. The fourth-order valence-electron chi connectivity index (χ4n) is 4.32. The molecule has 1 amide bonds. The molecule has 12 heteroatoms. The monoisotopic (exact) mass is 532 g/mol. The molecule has 1 aliphatic rings. The maximum atomic E-state index is 13.1. The average molecular weight is 532 g/mol. The Kier molecular flexibility index (Phi) is 5.77. The molecular weight excluding hydrogens is 516 g/mol. The molecule has 0 saturated carbocycles. The second-order valence-electron chi connectivity index (χ2n) is 8.45. The van der Waals surface area contributed by atoms with Crippen molar-refractivity contribution in [1.82, 2.24) is 4.98 Å². The van der Waals surface area contributed by atoms with Crippen LogP contribution in [0.25, 0.3) is 10.9 Å². The Morgan fingerprint density at radius 2 is 1.61 bits per heavy atom. The van der Waals surface area contributed by atoms with Crippen LogP contribution in [0.3, 0.4) is 0 Å². The molecule has 190 valence electrons. The fraction of sp³-hybridized carbons (Fsp3) is 0.0385. The van der Waals surface area contributed by atoms with Gasteiger partial charge in [0.15, 0.2) is 11.6 Å². The van der Waals surface area contributed by atoms with E-state index in [4.69, 9.17) is 0 Å². The van der Waals surface area contributed by atoms with E-state index in [0.29, 0.717) is 5.39 Å². The minimum absolute atomic E-state index is 0.0726. The number of carboxylic acid groups (broad SMARTS) is 1. The fourth-order valence-corrected chi connectivity index (χ4v) is 4.83. The van der Waals surface area contributed by atoms with Crippen LogP contribution in [0.1, 0.15) is 53.0 Å². The summed E-state index contributed by atoms with van der Waals surface area (Å²) in [6.07, 6.45) is 0. The van der Waals surface area contributed by atoms with Gasteiger partial charge >= 0.3 is 5.97 Å². The van der Waals surface area contributed by atoms with E-state index in [1.165, 1.54) is 30.3 Å². The standard InChI is InChI=1S/C26H16N2O9S/c29-13-5-7-15-17(10-13)24(31)21(23(15)30)19-9-4-12-2-1-3-20(22(12)27-19)28-25(32)18-11-14(38(35,36)37)6-8-16(18)26(33)34/h1-11,21,29H,(H,28,32)(H,33,34)(H,35,36,37). The van der Waals surface area contributed by atoms with Gasteiger partial charge in [-0.05, 0) is 48.5 Å². The zero-order valence-electron chi connectivity index (χ0n) is 19.1. The van der Waals surface area contributed by atoms with Crippen LogP contribution in [0.15, 0.2) is 71.6 Å². The molecule has 1 aliphatic carbocycles. The summed E-state index contributed by atoms with van der Waals surface area (Å²) in [5.41, 5.74) is -0.435. The molecule has 0 fully saturated rings. The predicted molar refractivity (Wildman–Crippen MR) is 132 cm³/mol. The van der Waals surface area contributed by atoms with Crippen LogP contribution >= 0.6 is 0 Å². The number of fused-ring (bicyclic) bond motifs is 2. The number of ketones is 2. The van der Waals surface area contributed by atoms with E-state index >= 15 is 0 Å². The predicted octanol–water partition coefficient (Wildman–Crippen LogP) is 3.30. The van der Waals surface area contributed by atoms with Crippen molar-refractivity contribution in [3.05, 3.63) is 94.7 Å². The van der Waals surface area contributed by atoms with Crippen molar-refractivity contribution in [3.63, 3.8) is 0 Å². The third-order valence-corrected chi connectivity index (χ3v) is 6.96. The molecule has 5 rings (SSSR count). The first-order valence-electron chi connectivity index (χ1n) is 10.9. The molecule has 0 spiro atoms. The Bertz CT molecular complexity index is 1830. The number of nitrogens with one attached hydrogen (secondary N) is 1. The van der Waals surface area contributed by atoms with Gasteiger partial charge in [-0.1, -0.05) is 18.2 Å². The summed E-state index contributed by atoms with van der Waals surface area (Å²) in [5.74, 6) is -4.96. The highest BCUT2D eigenvalue weighted by Crippen LogP contribution is 2.36. The van der Waals surface area contributed by atoms with Crippen molar-refractivity contribution in [1.29, 1.82) is 0 Å². The molecule has 1 unspecified atom stereocenters. The number of rotatable bonds is 5. The first-order chi connectivity index (χ1) is 18.0. The molecule has 0 bridgehead atoms. The number of aromatic carboxylic acids is 1. The summed E-state index contributed by atoms with van der Waals surface area (Å²) in [5, 5.41) is 22.2. The molecule has 0 radical (unpaired) electrons. The number of para-hydroxylation sites is 1. The number of aromatic hydroxyl groups is 1. The lowest BCUT2D eigenvalue weighted by Crippen LogP contribution is -2.18. The minimum atomic E-state index is -4.72. The van der Waals surface area contributed by atoms with Gasteiger partial charge in [-0.15, -0.1) is 0 Å². The Balaban J connectivity index is 1.56. The highest BCUT2D eigenvalue weighted by molar-refractivity contribution is 7.85. The van der Waals surface area contributed by atoms with Crippen molar-refractivity contribution in [2.45, 2.75) is 10.8 Å². The SMILES string of the molecule is O=C(O)c1ccc(S(=O)(=O)O)cc1C(=O)Nc1cccc2ccc(C3C(=O)c4ccc(O)cc4C3=O)nc12. The minimum Gasteiger partial charge on any atom is -0.508 e. The van der Waals surface area contributed by atoms with E-state index in [1.54, 1.807) is 18.2 Å². The van der Waals surface area contributed by atoms with E-state index in [9.17, 15) is 42.4 Å². The topological polar surface area (TPSA) is 188 Å². The molecular formula is C26H16N2O9S. The average Bonchev–Trinajstić information content (AvgIpc) is 3.11. The molecule has 1 aromatic heterocycles. The Hall–Kier alpha value is -4.94. The van der Waals surface area contributed by atoms with E-state index in [2.05, 4.69) is 10.3 Å². The number of carboxylic acids is 1. The van der Waals surface area contributed by atoms with E-state index in [0.717, 1.165) is 18.2 Å². The molecule has 4 N–H and O–H groups in total. The summed E-state index contributed by atoms with van der Waals surface area (Å²) < 4.78 is 32.4. The lowest BCUT2D eigenvalue weighted by molar-refractivity contribution is 0.0691. The van der Waals surface area contributed by atoms with Gasteiger partial charge in [0.25, 0.3) is 16.0 Å². The second kappa shape index (κ2) is 8.87. The lowest BCUT2D eigenvalue weighted by Gasteiger charge is -2.13. The zero-order chi connectivity index (χ0) is 27.4. The van der Waals surface area contributed by atoms with Crippen molar-refractivity contribution < 1.29 is 42.4 Å². The molecule has 0 aliphatic heterocycles. The van der Waals surface area contributed by atoms with Gasteiger partial charge < -0.3 is 15.5 Å². The van der Waals surface area contributed by atoms with Gasteiger partial charge in [0.05, 0.1) is 32.9 Å². The smallest absolute Gasteiger partial charge is 0.336 e. The van der Waals surface area contributed by atoms with Crippen LogP contribution in [0.2, 0.25) is 0 Å². The maximum Gasteiger partial charge on any atom is 0.336 e. The highest BCUT2D eigenvalue weighted by Gasteiger charge is 2.40. The van der Waals surface area contributed by atoms with Crippen LogP contribution in [0.5, 0.6) is 5.75 Å². The third kappa shape index (κ3) is 4.17. The molecule has 1 atom stereocenters. The number of pyridine rings is 1. The first-order valence-corrected chi connectivity index (χ1v) is 12.4. The van der Waals surface area contributed by atoms with Crippen LogP contribution < -0.4 is 5.32 Å². The molecule has 3 aromatic carbocycles. The number of aromatic nitrogens is 1. The maximum absolute atomic E-state index is 13.1. The number of nitrogens with zero attached hydrogens (tertiary/aromatic N) is 1. The summed E-state index contributed by atoms with van der Waals surface area (Å²) in [7, 11) is -4.72. The molecule has 0 saturated heterocycles. The molecule has 11 nitrogen and oxygen atoms in total. The van der Waals surface area contributed by atoms with Crippen LogP contribution in [0.4, 0.5) is 5.69 Å². The van der Waals surface area contributed by atoms with Gasteiger partial charge in [0.2, 0.25) is 0 Å². The first kappa shape index (κ1) is 24.7. The van der Waals surface area contributed by atoms with Crippen LogP contribution in [0, 0.1) is 0 Å². The van der Waals surface area contributed by atoms with Gasteiger partial charge in [-0.25, -0.2) is 9.78 Å². The number of hydrogen-bond acceptors (Lipinski definition) is 8. The quantitative estimate of drug-likeness (QED) is 0.219. The van der Waals surface area contributed by atoms with Gasteiger partial charge in [-0.2, -0.15) is 8.42 Å². The van der Waals surface area contributed by atoms with Crippen LogP contribution in [-0.2, 0) is 10.1 Å². The summed E-state index contributed by atoms with van der Waals surface area (Å²) in [4.78, 5) is 54.5. The number of phenols is 1. The summed E-state index contributed by atoms with van der Waals surface area (Å²) in [6.45, 7) is 0. The number of amides is 1. The molecule has 4 aromatic rings. The Morgan fingerprint density at radius 3 is 2.32 bits per heavy atom. The van der Waals surface area contributed by atoms with Crippen molar-refractivity contribution in [2.24, 2.45) is 0 Å². The number of carbonyl (C=O) groups excluding carboxylic acids is 3. The van der Waals surface area contributed by atoms with E-state index < -0.39 is 55.5 Å². The largest absolute Gasteiger partial charge is 0.508 e. The van der Waals surface area contributed by atoms with E-state index in [1.807, 2.05) is 0 Å². The van der Waals surface area contributed by atoms with Gasteiger partial charge in [0, 0.05) is 16.5 Å². The lowest BCUT2D eigenvalue weighted by atomic mass is 9.98. The Morgan fingerprint density at radius 1 is 0.868 bits per heavy atom. The third-order valence-electron chi connectivity index (χ3n) is 6.11. The number of Topliss-reactive ketones (excluding diaryl/α,β-unsaturated/α-hetero) is 2. The molecule has 38 heavy (non-hydrogen) atoms. The highest BCUT2D eigenvalue weighted by atomic mass is 32.2. The Labute approximate surface area is 214 Å². The van der Waals surface area contributed by atoms with Crippen molar-refractivity contribution in [3.8, 4) is 5.75 Å². The van der Waals surface area contributed by atoms with Crippen molar-refractivity contribution in [2.75, 3.05) is 5.32 Å². The molecule has 1 heterocycles. The number of carbonyl (C=O) groups is 4. The zero-order valence-corrected chi connectivity index (χ0v) is 19.9. The van der Waals surface area contributed by atoms with Gasteiger partial charge in [-0.3, -0.25) is 18.9 Å².